The second-order valence-electron chi connectivity index (χ2n) is 6.40. The molecule has 0 aliphatic rings. The van der Waals surface area contributed by atoms with E-state index in [2.05, 4.69) is 20.4 Å². The van der Waals surface area contributed by atoms with Gasteiger partial charge in [-0.2, -0.15) is 13.2 Å². The summed E-state index contributed by atoms with van der Waals surface area (Å²) in [7, 11) is 0. The molecule has 2 heterocycles. The number of benzene rings is 2. The maximum Gasteiger partial charge on any atom is 0.418 e. The predicted molar refractivity (Wildman–Crippen MR) is 110 cm³/mol. The molecular formula is C20H15ClF3N5OS. The van der Waals surface area contributed by atoms with Crippen molar-refractivity contribution in [3.8, 4) is 17.1 Å². The average molecular weight is 466 g/mol. The first kappa shape index (κ1) is 21.4. The highest BCUT2D eigenvalue weighted by Gasteiger charge is 2.35. The molecule has 0 bridgehead atoms. The standard InChI is InChI=1S/C20H15ClF3N5OS/c1-2-16-25-26-17(30-16)11-31-19-28-27-18(12-6-5-7-13(21)10-12)29(19)15-9-4-3-8-14(15)20(22,23)24/h3-10H,2,11H2,1H3. The third kappa shape index (κ3) is 4.59. The Balaban J connectivity index is 1.82. The lowest BCUT2D eigenvalue weighted by Gasteiger charge is -2.16. The van der Waals surface area contributed by atoms with Gasteiger partial charge >= 0.3 is 6.18 Å². The molecular weight excluding hydrogens is 451 g/mol. The lowest BCUT2D eigenvalue weighted by molar-refractivity contribution is -0.137. The fraction of sp³-hybridized carbons (Fsp3) is 0.200. The molecule has 4 aromatic rings. The van der Waals surface area contributed by atoms with Crippen LogP contribution in [-0.2, 0) is 18.3 Å². The van der Waals surface area contributed by atoms with E-state index in [-0.39, 0.29) is 22.4 Å². The molecule has 0 saturated carbocycles. The van der Waals surface area contributed by atoms with E-state index in [4.69, 9.17) is 16.0 Å². The predicted octanol–water partition coefficient (Wildman–Crippen LogP) is 5.84. The summed E-state index contributed by atoms with van der Waals surface area (Å²) in [6.45, 7) is 1.88. The first-order chi connectivity index (χ1) is 14.9. The Morgan fingerprint density at radius 3 is 2.48 bits per heavy atom. The highest BCUT2D eigenvalue weighted by atomic mass is 35.5. The van der Waals surface area contributed by atoms with Crippen molar-refractivity contribution in [1.29, 1.82) is 0 Å². The second kappa shape index (κ2) is 8.72. The van der Waals surface area contributed by atoms with E-state index in [1.807, 2.05) is 6.92 Å². The molecule has 2 aromatic carbocycles. The molecule has 0 atom stereocenters. The summed E-state index contributed by atoms with van der Waals surface area (Å²) >= 11 is 7.24. The summed E-state index contributed by atoms with van der Waals surface area (Å²) in [5.41, 5.74) is -0.349. The molecule has 0 radical (unpaired) electrons. The molecule has 31 heavy (non-hydrogen) atoms. The second-order valence-corrected chi connectivity index (χ2v) is 7.78. The Hall–Kier alpha value is -2.85. The molecule has 160 valence electrons. The maximum absolute atomic E-state index is 13.7. The smallest absolute Gasteiger partial charge is 0.418 e. The Morgan fingerprint density at radius 2 is 1.77 bits per heavy atom. The van der Waals surface area contributed by atoms with Gasteiger partial charge in [0.25, 0.3) is 0 Å². The van der Waals surface area contributed by atoms with Gasteiger partial charge in [-0.05, 0) is 24.3 Å². The number of halogens is 4. The molecule has 0 N–H and O–H groups in total. The summed E-state index contributed by atoms with van der Waals surface area (Å²) < 4.78 is 48.1. The van der Waals surface area contributed by atoms with E-state index in [0.717, 1.165) is 17.8 Å². The van der Waals surface area contributed by atoms with Crippen molar-refractivity contribution in [2.24, 2.45) is 0 Å². The maximum atomic E-state index is 13.7. The van der Waals surface area contributed by atoms with Crippen molar-refractivity contribution >= 4 is 23.4 Å². The number of aromatic nitrogens is 5. The van der Waals surface area contributed by atoms with Gasteiger partial charge in [-0.15, -0.1) is 20.4 Å². The van der Waals surface area contributed by atoms with Crippen LogP contribution in [0.1, 0.15) is 24.3 Å². The van der Waals surface area contributed by atoms with E-state index in [1.54, 1.807) is 24.3 Å². The average Bonchev–Trinajstić information content (AvgIpc) is 3.38. The number of hydrogen-bond donors (Lipinski definition) is 0. The van der Waals surface area contributed by atoms with Gasteiger partial charge in [-0.1, -0.05) is 54.6 Å². The number of rotatable bonds is 6. The summed E-state index contributed by atoms with van der Waals surface area (Å²) in [5.74, 6) is 1.31. The quantitative estimate of drug-likeness (QED) is 0.333. The van der Waals surface area contributed by atoms with Gasteiger partial charge in [0.1, 0.15) is 0 Å². The molecule has 0 unspecified atom stereocenters. The summed E-state index contributed by atoms with van der Waals surface area (Å²) in [4.78, 5) is 0. The van der Waals surface area contributed by atoms with Crippen LogP contribution in [0.25, 0.3) is 17.1 Å². The minimum atomic E-state index is -4.56. The SMILES string of the molecule is CCc1nnc(CSc2nnc(-c3cccc(Cl)c3)n2-c2ccccc2C(F)(F)F)o1. The van der Waals surface area contributed by atoms with Crippen LogP contribution in [-0.4, -0.2) is 25.0 Å². The molecule has 11 heteroatoms. The van der Waals surface area contributed by atoms with Crippen LogP contribution in [0.2, 0.25) is 5.02 Å². The zero-order valence-corrected chi connectivity index (χ0v) is 17.7. The molecule has 0 aliphatic carbocycles. The van der Waals surface area contributed by atoms with Crippen molar-refractivity contribution in [2.45, 2.75) is 30.4 Å². The number of para-hydroxylation sites is 1. The molecule has 0 aliphatic heterocycles. The first-order valence-corrected chi connectivity index (χ1v) is 10.5. The fourth-order valence-electron chi connectivity index (χ4n) is 2.92. The van der Waals surface area contributed by atoms with Gasteiger partial charge < -0.3 is 4.42 Å². The third-order valence-corrected chi connectivity index (χ3v) is 5.45. The molecule has 2 aromatic heterocycles. The third-order valence-electron chi connectivity index (χ3n) is 4.30. The Labute approximate surface area is 184 Å². The van der Waals surface area contributed by atoms with Crippen LogP contribution in [0.5, 0.6) is 0 Å². The summed E-state index contributed by atoms with van der Waals surface area (Å²) in [6.07, 6.45) is -3.97. The van der Waals surface area contributed by atoms with Crippen molar-refractivity contribution in [3.63, 3.8) is 0 Å². The number of thioether (sulfide) groups is 1. The van der Waals surface area contributed by atoms with Crippen LogP contribution in [0.3, 0.4) is 0 Å². The van der Waals surface area contributed by atoms with E-state index in [0.29, 0.717) is 28.8 Å². The lowest BCUT2D eigenvalue weighted by Crippen LogP contribution is -2.12. The van der Waals surface area contributed by atoms with E-state index in [9.17, 15) is 13.2 Å². The zero-order valence-electron chi connectivity index (χ0n) is 16.1. The Bertz CT molecular complexity index is 1210. The fourth-order valence-corrected chi connectivity index (χ4v) is 3.89. The number of nitrogens with zero attached hydrogens (tertiary/aromatic N) is 5. The van der Waals surface area contributed by atoms with E-state index >= 15 is 0 Å². The molecule has 0 saturated heterocycles. The van der Waals surface area contributed by atoms with Crippen molar-refractivity contribution < 1.29 is 17.6 Å². The van der Waals surface area contributed by atoms with Crippen LogP contribution < -0.4 is 0 Å². The molecule has 0 amide bonds. The van der Waals surface area contributed by atoms with Gasteiger partial charge in [0.05, 0.1) is 17.0 Å². The number of aryl methyl sites for hydroxylation is 1. The molecule has 0 fully saturated rings. The van der Waals surface area contributed by atoms with Gasteiger partial charge in [-0.25, -0.2) is 0 Å². The molecule has 6 nitrogen and oxygen atoms in total. The van der Waals surface area contributed by atoms with Gasteiger partial charge in [-0.3, -0.25) is 4.57 Å². The van der Waals surface area contributed by atoms with Crippen LogP contribution in [0.4, 0.5) is 13.2 Å². The zero-order chi connectivity index (χ0) is 22.0. The number of hydrogen-bond acceptors (Lipinski definition) is 6. The summed E-state index contributed by atoms with van der Waals surface area (Å²) in [5, 5.41) is 16.8. The Morgan fingerprint density at radius 1 is 1.00 bits per heavy atom. The van der Waals surface area contributed by atoms with E-state index < -0.39 is 11.7 Å². The topological polar surface area (TPSA) is 69.6 Å². The van der Waals surface area contributed by atoms with Gasteiger partial charge in [0, 0.05) is 17.0 Å². The van der Waals surface area contributed by atoms with E-state index in [1.165, 1.54) is 22.8 Å². The highest BCUT2D eigenvalue weighted by Crippen LogP contribution is 2.38. The molecule has 0 spiro atoms. The monoisotopic (exact) mass is 465 g/mol. The van der Waals surface area contributed by atoms with Crippen molar-refractivity contribution in [2.75, 3.05) is 0 Å². The largest absolute Gasteiger partial charge is 0.424 e. The minimum Gasteiger partial charge on any atom is -0.424 e. The Kier molecular flexibility index (Phi) is 6.01. The molecule has 4 rings (SSSR count). The first-order valence-electron chi connectivity index (χ1n) is 9.19. The van der Waals surface area contributed by atoms with Crippen molar-refractivity contribution in [3.05, 3.63) is 70.9 Å². The van der Waals surface area contributed by atoms with Crippen LogP contribution in [0.15, 0.2) is 58.1 Å². The van der Waals surface area contributed by atoms with Crippen molar-refractivity contribution in [1.82, 2.24) is 25.0 Å². The van der Waals surface area contributed by atoms with Gasteiger partial charge in [0.2, 0.25) is 11.8 Å². The van der Waals surface area contributed by atoms with Gasteiger partial charge in [0.15, 0.2) is 11.0 Å². The lowest BCUT2D eigenvalue weighted by atomic mass is 10.1. The van der Waals surface area contributed by atoms with Crippen LogP contribution in [0, 0.1) is 0 Å². The minimum absolute atomic E-state index is 0.0859. The highest BCUT2D eigenvalue weighted by molar-refractivity contribution is 7.98. The number of alkyl halides is 3. The normalized spacial score (nSPS) is 11.8. The summed E-state index contributed by atoms with van der Waals surface area (Å²) in [6, 6.07) is 12.0. The van der Waals surface area contributed by atoms with Crippen LogP contribution >= 0.6 is 23.4 Å².